The summed E-state index contributed by atoms with van der Waals surface area (Å²) in [5.41, 5.74) is 7.09. The molecule has 0 spiro atoms. The first-order valence-corrected chi connectivity index (χ1v) is 16.0. The molecule has 7 rings (SSSR count). The van der Waals surface area contributed by atoms with Crippen LogP contribution < -0.4 is 10.6 Å². The van der Waals surface area contributed by atoms with Crippen LogP contribution in [0.25, 0.3) is 22.2 Å². The molecule has 1 saturated heterocycles. The number of aliphatic hydroxyl groups excluding tert-OH is 1. The third-order valence-corrected chi connectivity index (χ3v) is 9.30. The maximum Gasteiger partial charge on any atom is 0.297 e. The molecule has 1 atom stereocenters. The number of anilines is 3. The van der Waals surface area contributed by atoms with Gasteiger partial charge < -0.3 is 15.7 Å². The third-order valence-electron chi connectivity index (χ3n) is 9.30. The van der Waals surface area contributed by atoms with E-state index in [9.17, 15) is 18.7 Å². The maximum atomic E-state index is 13.6. The van der Waals surface area contributed by atoms with Crippen LogP contribution in [-0.4, -0.2) is 59.8 Å². The number of aryl methyl sites for hydroxylation is 1. The summed E-state index contributed by atoms with van der Waals surface area (Å²) in [5.74, 6) is -0.640. The van der Waals surface area contributed by atoms with E-state index in [1.807, 2.05) is 61.0 Å². The van der Waals surface area contributed by atoms with Gasteiger partial charge in [0, 0.05) is 37.2 Å². The Balaban J connectivity index is 1.14. The molecular weight excluding hydrogens is 602 g/mol. The summed E-state index contributed by atoms with van der Waals surface area (Å²) in [6, 6.07) is 16.9. The number of amides is 1. The van der Waals surface area contributed by atoms with E-state index in [2.05, 4.69) is 35.6 Å². The van der Waals surface area contributed by atoms with Crippen LogP contribution >= 0.6 is 0 Å². The van der Waals surface area contributed by atoms with Crippen molar-refractivity contribution in [3.05, 3.63) is 89.1 Å². The zero-order valence-electron chi connectivity index (χ0n) is 26.2. The Morgan fingerprint density at radius 3 is 2.40 bits per heavy atom. The lowest BCUT2D eigenvalue weighted by molar-refractivity contribution is 0.0512. The fourth-order valence-corrected chi connectivity index (χ4v) is 6.75. The van der Waals surface area contributed by atoms with E-state index in [1.165, 1.54) is 0 Å². The maximum absolute atomic E-state index is 13.6. The Morgan fingerprint density at radius 2 is 1.66 bits per heavy atom. The van der Waals surface area contributed by atoms with Crippen LogP contribution in [0.2, 0.25) is 0 Å². The van der Waals surface area contributed by atoms with Crippen LogP contribution in [0.4, 0.5) is 26.0 Å². The highest BCUT2D eigenvalue weighted by molar-refractivity contribution is 6.04. The first-order chi connectivity index (χ1) is 22.8. The van der Waals surface area contributed by atoms with E-state index in [0.29, 0.717) is 28.1 Å². The van der Waals surface area contributed by atoms with Gasteiger partial charge in [-0.3, -0.25) is 19.4 Å². The molecule has 12 heteroatoms. The Morgan fingerprint density at radius 1 is 0.936 bits per heavy atom. The number of rotatable bonds is 7. The molecule has 0 saturated carbocycles. The first kappa shape index (κ1) is 30.8. The number of halogens is 2. The van der Waals surface area contributed by atoms with Gasteiger partial charge in [0.2, 0.25) is 0 Å². The van der Waals surface area contributed by atoms with Crippen LogP contribution in [-0.2, 0) is 6.54 Å². The minimum Gasteiger partial charge on any atom is -0.393 e. The minimum absolute atomic E-state index is 0.192. The highest BCUT2D eigenvalue weighted by Crippen LogP contribution is 2.36. The normalized spacial score (nSPS) is 17.2. The van der Waals surface area contributed by atoms with Crippen molar-refractivity contribution in [1.82, 2.24) is 29.6 Å². The van der Waals surface area contributed by atoms with E-state index in [-0.39, 0.29) is 23.9 Å². The lowest BCUT2D eigenvalue weighted by Crippen LogP contribution is -2.40. The van der Waals surface area contributed by atoms with Crippen molar-refractivity contribution in [3.63, 3.8) is 0 Å². The number of fused-ring (bicyclic) bond motifs is 2. The third kappa shape index (κ3) is 6.06. The first-order valence-electron chi connectivity index (χ1n) is 16.0. The molecule has 2 aromatic carbocycles. The van der Waals surface area contributed by atoms with Crippen LogP contribution in [0.5, 0.6) is 0 Å². The zero-order valence-corrected chi connectivity index (χ0v) is 26.2. The molecule has 1 amide bonds. The molecule has 0 radical (unpaired) electrons. The number of hydrogen-bond donors (Lipinski definition) is 3. The Bertz CT molecular complexity index is 1950. The standard InChI is InChI=1S/C35H36F2N8O2/c1-20-23(7-3-9-25(20)39-33-31-27(11-5-15-38-31)40-34(42-33)32(36)37)24-8-4-10-26(21(24)2)41-35(47)28-19-30-29(12-6-16-45(30)43-28)44-17-13-22(46)14-18-44/h3-5,7-11,15,19,22,29,32,46H,6,12-14,16-18H2,1-2H3,(H,41,47)(H,39,40,42)/t29-/m0/s1. The number of alkyl halides is 2. The number of piperidine rings is 1. The number of likely N-dealkylation sites (tertiary alicyclic amines) is 1. The second-order valence-electron chi connectivity index (χ2n) is 12.2. The van der Waals surface area contributed by atoms with Gasteiger partial charge in [0.15, 0.2) is 17.3 Å². The molecule has 0 aliphatic carbocycles. The molecule has 5 heterocycles. The van der Waals surface area contributed by atoms with Crippen LogP contribution in [0.1, 0.15) is 71.3 Å². The van der Waals surface area contributed by atoms with Crippen LogP contribution in [0, 0.1) is 13.8 Å². The second-order valence-corrected chi connectivity index (χ2v) is 12.2. The summed E-state index contributed by atoms with van der Waals surface area (Å²) < 4.78 is 29.2. The van der Waals surface area contributed by atoms with E-state index < -0.39 is 12.2 Å². The van der Waals surface area contributed by atoms with Crippen molar-refractivity contribution in [3.8, 4) is 11.1 Å². The van der Waals surface area contributed by atoms with E-state index in [1.54, 1.807) is 18.3 Å². The monoisotopic (exact) mass is 638 g/mol. The highest BCUT2D eigenvalue weighted by atomic mass is 19.3. The SMILES string of the molecule is Cc1c(NC(=O)c2cc3n(n2)CCC[C@@H]3N2CCC(O)CC2)cccc1-c1cccc(Nc2nc(C(F)F)nc3cccnc23)c1C. The van der Waals surface area contributed by atoms with Gasteiger partial charge >= 0.3 is 0 Å². The van der Waals surface area contributed by atoms with Gasteiger partial charge in [-0.25, -0.2) is 18.7 Å². The fourth-order valence-electron chi connectivity index (χ4n) is 6.75. The van der Waals surface area contributed by atoms with Crippen molar-refractivity contribution in [1.29, 1.82) is 0 Å². The van der Waals surface area contributed by atoms with Gasteiger partial charge in [-0.05, 0) is 92.1 Å². The Hall–Kier alpha value is -4.81. The number of nitrogens with zero attached hydrogens (tertiary/aromatic N) is 6. The molecule has 1 fully saturated rings. The predicted molar refractivity (Wildman–Crippen MR) is 176 cm³/mol. The second kappa shape index (κ2) is 12.8. The van der Waals surface area contributed by atoms with Crippen molar-refractivity contribution in [2.24, 2.45) is 0 Å². The number of carbonyl (C=O) groups is 1. The summed E-state index contributed by atoms with van der Waals surface area (Å²) >= 11 is 0. The molecule has 47 heavy (non-hydrogen) atoms. The lowest BCUT2D eigenvalue weighted by atomic mass is 9.94. The smallest absolute Gasteiger partial charge is 0.297 e. The van der Waals surface area contributed by atoms with Gasteiger partial charge in [-0.15, -0.1) is 0 Å². The summed E-state index contributed by atoms with van der Waals surface area (Å²) in [6.45, 7) is 6.36. The summed E-state index contributed by atoms with van der Waals surface area (Å²) in [6.07, 6.45) is 2.04. The number of aliphatic hydroxyl groups is 1. The fraction of sp³-hybridized carbons (Fsp3) is 0.343. The molecule has 5 aromatic rings. The summed E-state index contributed by atoms with van der Waals surface area (Å²) in [4.78, 5) is 28.3. The van der Waals surface area contributed by atoms with E-state index in [0.717, 1.165) is 73.3 Å². The number of nitrogens with one attached hydrogen (secondary N) is 2. The van der Waals surface area contributed by atoms with E-state index >= 15 is 0 Å². The highest BCUT2D eigenvalue weighted by Gasteiger charge is 2.31. The quantitative estimate of drug-likeness (QED) is 0.180. The van der Waals surface area contributed by atoms with Gasteiger partial charge in [-0.2, -0.15) is 5.10 Å². The van der Waals surface area contributed by atoms with E-state index in [4.69, 9.17) is 0 Å². The summed E-state index contributed by atoms with van der Waals surface area (Å²) in [7, 11) is 0. The van der Waals surface area contributed by atoms with Crippen LogP contribution in [0.3, 0.4) is 0 Å². The predicted octanol–water partition coefficient (Wildman–Crippen LogP) is 6.73. The Labute approximate surface area is 270 Å². The molecule has 2 aliphatic rings. The van der Waals surface area contributed by atoms with Gasteiger partial charge in [0.25, 0.3) is 12.3 Å². The number of pyridine rings is 1. The van der Waals surface area contributed by atoms with Crippen LogP contribution in [0.15, 0.2) is 60.8 Å². The average Bonchev–Trinajstić information content (AvgIpc) is 3.52. The van der Waals surface area contributed by atoms with Gasteiger partial charge in [0.1, 0.15) is 5.52 Å². The Kier molecular flexibility index (Phi) is 8.37. The topological polar surface area (TPSA) is 121 Å². The molecule has 0 bridgehead atoms. The van der Waals surface area contributed by atoms with Crippen molar-refractivity contribution >= 4 is 34.1 Å². The number of benzene rings is 2. The largest absolute Gasteiger partial charge is 0.393 e. The molecule has 242 valence electrons. The molecular formula is C35H36F2N8O2. The van der Waals surface area contributed by atoms with Crippen molar-refractivity contribution in [2.45, 2.75) is 64.6 Å². The molecule has 3 aromatic heterocycles. The number of aromatic nitrogens is 5. The molecule has 3 N–H and O–H groups in total. The van der Waals surface area contributed by atoms with Gasteiger partial charge in [-0.1, -0.05) is 24.3 Å². The lowest BCUT2D eigenvalue weighted by Gasteiger charge is -2.38. The molecule has 10 nitrogen and oxygen atoms in total. The zero-order chi connectivity index (χ0) is 32.7. The minimum atomic E-state index is -2.83. The van der Waals surface area contributed by atoms with Gasteiger partial charge in [0.05, 0.1) is 23.4 Å². The van der Waals surface area contributed by atoms with Crippen molar-refractivity contribution in [2.75, 3.05) is 23.7 Å². The average molecular weight is 639 g/mol. The number of hydrogen-bond acceptors (Lipinski definition) is 8. The molecule has 0 unspecified atom stereocenters. The summed E-state index contributed by atoms with van der Waals surface area (Å²) in [5, 5.41) is 21.0. The molecule has 2 aliphatic heterocycles. The van der Waals surface area contributed by atoms with Crippen molar-refractivity contribution < 1.29 is 18.7 Å². The number of carbonyl (C=O) groups excluding carboxylic acids is 1.